The second kappa shape index (κ2) is 38.8. The van der Waals surface area contributed by atoms with Crippen molar-refractivity contribution in [3.63, 3.8) is 0 Å². The number of aryl methyl sites for hydroxylation is 3. The lowest BCUT2D eigenvalue weighted by Gasteiger charge is -2.17. The monoisotopic (exact) mass is 1200 g/mol. The van der Waals surface area contributed by atoms with E-state index in [4.69, 9.17) is 85.4 Å². The molecule has 14 N–H and O–H groups in total. The van der Waals surface area contributed by atoms with E-state index in [0.717, 1.165) is 56.9 Å². The highest BCUT2D eigenvalue weighted by atomic mass is 35.5. The molecule has 2 aromatic carbocycles. The molecule has 0 saturated carbocycles. The number of carbonyl (C=O) groups is 6. The molecule has 0 fully saturated rings. The van der Waals surface area contributed by atoms with Crippen LogP contribution in [0.5, 0.6) is 5.75 Å². The molecule has 0 radical (unpaired) electrons. The van der Waals surface area contributed by atoms with E-state index in [1.54, 1.807) is 0 Å². The van der Waals surface area contributed by atoms with Crippen molar-refractivity contribution in [2.24, 2.45) is 0 Å². The summed E-state index contributed by atoms with van der Waals surface area (Å²) in [7, 11) is 1.51. The molecule has 4 aromatic rings. The molecule has 2 heterocycles. The van der Waals surface area contributed by atoms with Gasteiger partial charge in [-0.25, -0.2) is 39.1 Å². The number of aromatic nitrogens is 4. The number of Topliss-reactive ketones (excluding diaryl/α,β-unsaturated/α-hetero) is 2. The number of nitrogen functional groups attached to an aromatic ring is 4. The van der Waals surface area contributed by atoms with Crippen LogP contribution in [0.25, 0.3) is 0 Å². The van der Waals surface area contributed by atoms with Gasteiger partial charge in [0.2, 0.25) is 0 Å². The molecule has 2 atom stereocenters. The molecule has 83 heavy (non-hydrogen) atoms. The molecular formula is C55H76Cl2N12O14. The van der Waals surface area contributed by atoms with Gasteiger partial charge >= 0.3 is 24.1 Å². The number of nitrogens with one attached hydrogen (secondary N) is 4. The number of amides is 2. The number of anilines is 4. The Morgan fingerprint density at radius 3 is 1.37 bits per heavy atom. The second-order valence-electron chi connectivity index (χ2n) is 18.8. The van der Waals surface area contributed by atoms with Crippen molar-refractivity contribution in [3.05, 3.63) is 86.9 Å². The van der Waals surface area contributed by atoms with Gasteiger partial charge in [0.05, 0.1) is 45.9 Å². The molecule has 26 nitrogen and oxygen atoms in total. The van der Waals surface area contributed by atoms with E-state index in [2.05, 4.69) is 61.8 Å². The van der Waals surface area contributed by atoms with Crippen LogP contribution in [-0.4, -0.2) is 149 Å². The van der Waals surface area contributed by atoms with Gasteiger partial charge in [0.25, 0.3) is 0 Å². The third-order valence-electron chi connectivity index (χ3n) is 12.0. The minimum atomic E-state index is -1.35. The number of hydrogen-bond acceptors (Lipinski definition) is 22. The normalized spacial score (nSPS) is 11.5. The highest BCUT2D eigenvalue weighted by Crippen LogP contribution is 2.22. The standard InChI is InChI=1S/C36H52ClN7O13.C19H24ClN5O/c1-52-14-15-53-17-20-56-35(50)41-26(33(46)47)8-5-9-27(34(48)49)42-36(51)57-21-18-54-16-19-55-25-12-10-23(11-13-25)6-3-2-4-7-24(38)22-28(45)29-31(39)44-32(40)30(37)43-29;1-12-7-9-13(10-8-12)5-3-2-4-6-14(21)11-15(26)16-18(22)25-19(23)17(20)24-16/h10-13,26-27,38H,2-9,14-22H2,1H3,(H,41,50)(H,42,51)(H,46,47)(H,48,49)(H4,39,40,44);7-10,21H,2-6,11H2,1H3,(H4,22,23,25). The Morgan fingerprint density at radius 1 is 0.542 bits per heavy atom. The Kier molecular flexibility index (Phi) is 32.5. The number of rotatable bonds is 39. The summed E-state index contributed by atoms with van der Waals surface area (Å²) in [6.45, 7) is 3.07. The van der Waals surface area contributed by atoms with Crippen LogP contribution in [0, 0.1) is 17.7 Å². The van der Waals surface area contributed by atoms with Crippen LogP contribution in [0.15, 0.2) is 48.5 Å². The molecular weight excluding hydrogens is 1120 g/mol. The predicted octanol–water partition coefficient (Wildman–Crippen LogP) is 7.28. The molecule has 2 aromatic heterocycles. The summed E-state index contributed by atoms with van der Waals surface area (Å²) in [5, 5.41) is 39.3. The minimum absolute atomic E-state index is 0.00984. The van der Waals surface area contributed by atoms with E-state index in [9.17, 15) is 39.0 Å². The maximum absolute atomic E-state index is 12.4. The molecule has 0 spiro atoms. The Balaban J connectivity index is 0.000000575. The van der Waals surface area contributed by atoms with Crippen LogP contribution < -0.4 is 38.3 Å². The Hall–Kier alpha value is -7.78. The van der Waals surface area contributed by atoms with Crippen LogP contribution in [-0.2, 0) is 46.1 Å². The zero-order chi connectivity index (χ0) is 61.1. The number of ketones is 2. The van der Waals surface area contributed by atoms with Crippen LogP contribution in [0.4, 0.5) is 32.9 Å². The fourth-order valence-corrected chi connectivity index (χ4v) is 7.83. The van der Waals surface area contributed by atoms with Crippen LogP contribution in [0.1, 0.15) is 121 Å². The molecule has 0 aliphatic carbocycles. The summed E-state index contributed by atoms with van der Waals surface area (Å²) in [6, 6.07) is 13.5. The van der Waals surface area contributed by atoms with Crippen LogP contribution in [0.3, 0.4) is 0 Å². The maximum Gasteiger partial charge on any atom is 0.407 e. The number of ether oxygens (including phenoxy) is 6. The summed E-state index contributed by atoms with van der Waals surface area (Å²) < 4.78 is 30.9. The third-order valence-corrected chi connectivity index (χ3v) is 12.6. The molecule has 0 aliphatic heterocycles. The molecule has 0 aliphatic rings. The first kappa shape index (κ1) is 69.5. The third kappa shape index (κ3) is 28.7. The summed E-state index contributed by atoms with van der Waals surface area (Å²) in [4.78, 5) is 87.2. The molecule has 2 unspecified atom stereocenters. The van der Waals surface area contributed by atoms with Gasteiger partial charge in [0, 0.05) is 18.5 Å². The van der Waals surface area contributed by atoms with E-state index >= 15 is 0 Å². The lowest BCUT2D eigenvalue weighted by molar-refractivity contribution is -0.139. The molecule has 0 saturated heterocycles. The zero-order valence-corrected chi connectivity index (χ0v) is 48.2. The van der Waals surface area contributed by atoms with Crippen molar-refractivity contribution in [3.8, 4) is 5.75 Å². The fourth-order valence-electron chi connectivity index (χ4n) is 7.58. The number of carboxylic acids is 2. The number of carbonyl (C=O) groups excluding carboxylic acids is 4. The number of alkyl carbamates (subject to hydrolysis) is 2. The number of benzene rings is 2. The van der Waals surface area contributed by atoms with Gasteiger partial charge in [-0.05, 0) is 101 Å². The average Bonchev–Trinajstić information content (AvgIpc) is 3.63. The topological polar surface area (TPSA) is 426 Å². The highest BCUT2D eigenvalue weighted by molar-refractivity contribution is 6.32. The van der Waals surface area contributed by atoms with Gasteiger partial charge < -0.3 is 83.0 Å². The Bertz CT molecular complexity index is 2740. The number of aliphatic carboxylic acids is 2. The summed E-state index contributed by atoms with van der Waals surface area (Å²) >= 11 is 11.6. The van der Waals surface area contributed by atoms with E-state index in [1.807, 2.05) is 24.3 Å². The van der Waals surface area contributed by atoms with Gasteiger partial charge in [-0.2, -0.15) is 0 Å². The van der Waals surface area contributed by atoms with Crippen LogP contribution >= 0.6 is 23.2 Å². The average molecular weight is 1200 g/mol. The minimum Gasteiger partial charge on any atom is -0.491 e. The van der Waals surface area contributed by atoms with Crippen molar-refractivity contribution in [2.45, 2.75) is 115 Å². The first-order valence-electron chi connectivity index (χ1n) is 26.8. The fraction of sp³-hybridized carbons (Fsp3) is 0.491. The number of nitrogens with zero attached hydrogens (tertiary/aromatic N) is 4. The highest BCUT2D eigenvalue weighted by Gasteiger charge is 2.25. The van der Waals surface area contributed by atoms with E-state index in [0.29, 0.717) is 37.5 Å². The first-order chi connectivity index (χ1) is 39.7. The Labute approximate surface area is 491 Å². The molecule has 2 amide bonds. The summed E-state index contributed by atoms with van der Waals surface area (Å²) in [6.07, 6.45) is 6.08. The van der Waals surface area contributed by atoms with E-state index in [-0.39, 0.29) is 128 Å². The largest absolute Gasteiger partial charge is 0.491 e. The molecule has 28 heteroatoms. The van der Waals surface area contributed by atoms with Crippen molar-refractivity contribution in [1.29, 1.82) is 10.8 Å². The van der Waals surface area contributed by atoms with E-state index in [1.165, 1.54) is 18.2 Å². The van der Waals surface area contributed by atoms with Crippen molar-refractivity contribution < 1.29 is 67.4 Å². The van der Waals surface area contributed by atoms with Gasteiger partial charge in [0.1, 0.15) is 37.7 Å². The predicted molar refractivity (Wildman–Crippen MR) is 312 cm³/mol. The number of unbranched alkanes of at least 4 members (excludes halogenated alkanes) is 4. The van der Waals surface area contributed by atoms with Crippen LogP contribution in [0.2, 0.25) is 10.3 Å². The number of halogens is 2. The lowest BCUT2D eigenvalue weighted by Crippen LogP contribution is -2.43. The smallest absolute Gasteiger partial charge is 0.407 e. The van der Waals surface area contributed by atoms with Crippen molar-refractivity contribution in [2.75, 3.05) is 82.9 Å². The number of carboxylic acid groups (broad SMARTS) is 2. The quantitative estimate of drug-likeness (QED) is 0.0119. The maximum atomic E-state index is 12.4. The van der Waals surface area contributed by atoms with Gasteiger partial charge in [-0.15, -0.1) is 0 Å². The van der Waals surface area contributed by atoms with Gasteiger partial charge in [-0.3, -0.25) is 9.59 Å². The van der Waals surface area contributed by atoms with Gasteiger partial charge in [-0.1, -0.05) is 78.0 Å². The summed E-state index contributed by atoms with van der Waals surface area (Å²) in [5.74, 6) is -3.06. The SMILES string of the molecule is COCCOCCOC(=O)NC(CCCC(NC(=O)OCCOCCOc1ccc(CCCCCC(=N)CC(=O)c2nc(Cl)c(N)nc2N)cc1)C(=O)O)C(=O)O.Cc1ccc(CCCCCC(=N)CC(=O)c2nc(Cl)c(N)nc2N)cc1. The lowest BCUT2D eigenvalue weighted by atomic mass is 10.0. The second-order valence-corrected chi connectivity index (χ2v) is 19.5. The molecule has 0 bridgehead atoms. The Morgan fingerprint density at radius 2 is 0.952 bits per heavy atom. The number of nitrogens with two attached hydrogens (primary N) is 4. The van der Waals surface area contributed by atoms with Gasteiger partial charge in [0.15, 0.2) is 56.5 Å². The summed E-state index contributed by atoms with van der Waals surface area (Å²) in [5.41, 5.74) is 26.7. The number of hydrogen-bond donors (Lipinski definition) is 10. The van der Waals surface area contributed by atoms with E-state index < -0.39 is 42.0 Å². The van der Waals surface area contributed by atoms with Crippen molar-refractivity contribution in [1.82, 2.24) is 30.6 Å². The zero-order valence-electron chi connectivity index (χ0n) is 46.7. The van der Waals surface area contributed by atoms with Crippen molar-refractivity contribution >= 4 is 93.6 Å². The molecule has 454 valence electrons. The number of methoxy groups -OCH3 is 1. The molecule has 4 rings (SSSR count). The first-order valence-corrected chi connectivity index (χ1v) is 27.5.